The number of amides is 1. The van der Waals surface area contributed by atoms with E-state index in [1.54, 1.807) is 22.8 Å². The topological polar surface area (TPSA) is 112 Å². The van der Waals surface area contributed by atoms with Crippen LogP contribution in [0.2, 0.25) is 0 Å². The van der Waals surface area contributed by atoms with Gasteiger partial charge in [0.25, 0.3) is 11.5 Å². The molecule has 3 aromatic heterocycles. The van der Waals surface area contributed by atoms with E-state index in [4.69, 9.17) is 4.52 Å². The van der Waals surface area contributed by atoms with Crippen molar-refractivity contribution in [2.75, 3.05) is 13.1 Å². The van der Waals surface area contributed by atoms with E-state index in [1.807, 2.05) is 0 Å². The highest BCUT2D eigenvalue weighted by molar-refractivity contribution is 6.04. The smallest absolute Gasteiger partial charge is 0.296 e. The average Bonchev–Trinajstić information content (AvgIpc) is 3.28. The first-order valence-corrected chi connectivity index (χ1v) is 8.03. The van der Waals surface area contributed by atoms with Gasteiger partial charge in [0.1, 0.15) is 18.4 Å². The molecular formula is C15H17N7O3. The lowest BCUT2D eigenvalue weighted by molar-refractivity contribution is 0.0666. The summed E-state index contributed by atoms with van der Waals surface area (Å²) in [6, 6.07) is 0.0757. The fourth-order valence-electron chi connectivity index (χ4n) is 3.26. The molecule has 0 radical (unpaired) electrons. The van der Waals surface area contributed by atoms with Gasteiger partial charge in [-0.1, -0.05) is 5.16 Å². The molecular weight excluding hydrogens is 326 g/mol. The molecule has 1 amide bonds. The third kappa shape index (κ3) is 2.49. The van der Waals surface area contributed by atoms with E-state index >= 15 is 0 Å². The second kappa shape index (κ2) is 5.80. The van der Waals surface area contributed by atoms with Gasteiger partial charge >= 0.3 is 0 Å². The zero-order chi connectivity index (χ0) is 17.6. The van der Waals surface area contributed by atoms with Crippen LogP contribution in [-0.2, 0) is 7.05 Å². The molecule has 0 spiro atoms. The van der Waals surface area contributed by atoms with Crippen LogP contribution in [0.4, 0.5) is 0 Å². The molecule has 3 aromatic rings. The summed E-state index contributed by atoms with van der Waals surface area (Å²) in [4.78, 5) is 30.9. The van der Waals surface area contributed by atoms with E-state index in [0.29, 0.717) is 24.2 Å². The van der Waals surface area contributed by atoms with Gasteiger partial charge in [0.2, 0.25) is 0 Å². The first kappa shape index (κ1) is 15.5. The Morgan fingerprint density at radius 1 is 1.40 bits per heavy atom. The standard InChI is InChI=1S/C15H17N7O3/c1-9-11-12(18-20(2)14(23)13(11)19-25-9)15(24)21-5-3-4-10(6-21)22-8-16-7-17-22/h7-8,10H,3-6H2,1-2H3/t10-/m1/s1. The number of likely N-dealkylation sites (tertiary alicyclic amines) is 1. The van der Waals surface area contributed by atoms with E-state index in [-0.39, 0.29) is 28.7 Å². The van der Waals surface area contributed by atoms with Crippen molar-refractivity contribution in [3.63, 3.8) is 0 Å². The monoisotopic (exact) mass is 343 g/mol. The Hall–Kier alpha value is -3.04. The van der Waals surface area contributed by atoms with Gasteiger partial charge in [0, 0.05) is 20.1 Å². The summed E-state index contributed by atoms with van der Waals surface area (Å²) in [7, 11) is 1.50. The van der Waals surface area contributed by atoms with Crippen LogP contribution in [0.1, 0.15) is 35.1 Å². The summed E-state index contributed by atoms with van der Waals surface area (Å²) in [5.41, 5.74) is -0.0687. The number of rotatable bonds is 2. The molecule has 10 nitrogen and oxygen atoms in total. The molecule has 1 fully saturated rings. The molecule has 1 aliphatic heterocycles. The van der Waals surface area contributed by atoms with Gasteiger partial charge < -0.3 is 9.42 Å². The molecule has 0 unspecified atom stereocenters. The van der Waals surface area contributed by atoms with Gasteiger partial charge in [0.05, 0.1) is 11.4 Å². The average molecular weight is 343 g/mol. The second-order valence-corrected chi connectivity index (χ2v) is 6.16. The lowest BCUT2D eigenvalue weighted by Crippen LogP contribution is -2.42. The summed E-state index contributed by atoms with van der Waals surface area (Å²) >= 11 is 0. The Morgan fingerprint density at radius 2 is 2.24 bits per heavy atom. The maximum absolute atomic E-state index is 13.1. The molecule has 0 bridgehead atoms. The van der Waals surface area contributed by atoms with Crippen LogP contribution in [0.3, 0.4) is 0 Å². The molecule has 0 saturated carbocycles. The van der Waals surface area contributed by atoms with Gasteiger partial charge in [-0.3, -0.25) is 9.59 Å². The predicted molar refractivity (Wildman–Crippen MR) is 86.0 cm³/mol. The number of piperidine rings is 1. The molecule has 1 atom stereocenters. The Balaban J connectivity index is 1.71. The third-order valence-corrected chi connectivity index (χ3v) is 4.54. The number of carbonyl (C=O) groups is 1. The molecule has 1 aliphatic rings. The normalized spacial score (nSPS) is 18.0. The molecule has 0 aliphatic carbocycles. The Labute approximate surface area is 142 Å². The van der Waals surface area contributed by atoms with Crippen molar-refractivity contribution in [1.82, 2.24) is 34.6 Å². The highest BCUT2D eigenvalue weighted by Gasteiger charge is 2.30. The van der Waals surface area contributed by atoms with Crippen LogP contribution >= 0.6 is 0 Å². The summed E-state index contributed by atoms with van der Waals surface area (Å²) in [5.74, 6) is 0.171. The fourth-order valence-corrected chi connectivity index (χ4v) is 3.26. The molecule has 25 heavy (non-hydrogen) atoms. The number of fused-ring (bicyclic) bond motifs is 1. The van der Waals surface area contributed by atoms with E-state index < -0.39 is 0 Å². The number of aryl methyl sites for hydroxylation is 2. The maximum Gasteiger partial charge on any atom is 0.296 e. The molecule has 130 valence electrons. The Bertz CT molecular complexity index is 989. The van der Waals surface area contributed by atoms with E-state index in [0.717, 1.165) is 17.5 Å². The van der Waals surface area contributed by atoms with Crippen molar-refractivity contribution in [3.8, 4) is 0 Å². The zero-order valence-electron chi connectivity index (χ0n) is 13.9. The quantitative estimate of drug-likeness (QED) is 0.657. The summed E-state index contributed by atoms with van der Waals surface area (Å²) in [6.45, 7) is 2.81. The lowest BCUT2D eigenvalue weighted by atomic mass is 10.0. The minimum Gasteiger partial charge on any atom is -0.360 e. The largest absolute Gasteiger partial charge is 0.360 e. The van der Waals surface area contributed by atoms with Crippen LogP contribution in [-0.4, -0.2) is 53.6 Å². The van der Waals surface area contributed by atoms with Crippen LogP contribution < -0.4 is 5.56 Å². The van der Waals surface area contributed by atoms with Crippen molar-refractivity contribution >= 4 is 16.8 Å². The molecule has 0 N–H and O–H groups in total. The molecule has 4 heterocycles. The van der Waals surface area contributed by atoms with Crippen LogP contribution in [0, 0.1) is 6.92 Å². The van der Waals surface area contributed by atoms with Crippen LogP contribution in [0.15, 0.2) is 22.0 Å². The van der Waals surface area contributed by atoms with Crippen LogP contribution in [0.5, 0.6) is 0 Å². The fraction of sp³-hybridized carbons (Fsp3) is 0.467. The number of hydrogen-bond donors (Lipinski definition) is 0. The third-order valence-electron chi connectivity index (χ3n) is 4.54. The maximum atomic E-state index is 13.1. The lowest BCUT2D eigenvalue weighted by Gasteiger charge is -2.32. The van der Waals surface area contributed by atoms with Gasteiger partial charge in [-0.2, -0.15) is 10.2 Å². The second-order valence-electron chi connectivity index (χ2n) is 6.16. The molecule has 4 rings (SSSR count). The number of carbonyl (C=O) groups excluding carboxylic acids is 1. The summed E-state index contributed by atoms with van der Waals surface area (Å²) in [6.07, 6.45) is 4.92. The van der Waals surface area contributed by atoms with E-state index in [2.05, 4.69) is 20.3 Å². The van der Waals surface area contributed by atoms with Gasteiger partial charge in [-0.25, -0.2) is 14.3 Å². The SMILES string of the molecule is Cc1onc2c(=O)n(C)nc(C(=O)N3CCC[C@@H](n4cncn4)C3)c12. The molecule has 0 aromatic carbocycles. The van der Waals surface area contributed by atoms with Gasteiger partial charge in [-0.15, -0.1) is 0 Å². The first-order chi connectivity index (χ1) is 12.1. The molecule has 1 saturated heterocycles. The van der Waals surface area contributed by atoms with Gasteiger partial charge in [-0.05, 0) is 19.8 Å². The van der Waals surface area contributed by atoms with Crippen LogP contribution in [0.25, 0.3) is 10.9 Å². The van der Waals surface area contributed by atoms with Crippen molar-refractivity contribution in [2.45, 2.75) is 25.8 Å². The Kier molecular flexibility index (Phi) is 3.59. The van der Waals surface area contributed by atoms with Crippen molar-refractivity contribution in [2.24, 2.45) is 7.05 Å². The summed E-state index contributed by atoms with van der Waals surface area (Å²) < 4.78 is 8.01. The van der Waals surface area contributed by atoms with Gasteiger partial charge in [0.15, 0.2) is 11.2 Å². The Morgan fingerprint density at radius 3 is 3.00 bits per heavy atom. The minimum absolute atomic E-state index is 0.0757. The number of hydrogen-bond acceptors (Lipinski definition) is 7. The highest BCUT2D eigenvalue weighted by atomic mass is 16.5. The number of aromatic nitrogens is 6. The zero-order valence-corrected chi connectivity index (χ0v) is 13.9. The highest BCUT2D eigenvalue weighted by Crippen LogP contribution is 2.24. The minimum atomic E-state index is -0.387. The van der Waals surface area contributed by atoms with Crippen molar-refractivity contribution < 1.29 is 9.32 Å². The van der Waals surface area contributed by atoms with Crippen molar-refractivity contribution in [1.29, 1.82) is 0 Å². The van der Waals surface area contributed by atoms with Crippen molar-refractivity contribution in [3.05, 3.63) is 34.5 Å². The van der Waals surface area contributed by atoms with E-state index in [9.17, 15) is 9.59 Å². The summed E-state index contributed by atoms with van der Waals surface area (Å²) in [5, 5.41) is 12.5. The molecule has 10 heteroatoms. The predicted octanol–water partition coefficient (Wildman–Crippen LogP) is 0.299. The van der Waals surface area contributed by atoms with E-state index in [1.165, 1.54) is 13.4 Å². The first-order valence-electron chi connectivity index (χ1n) is 8.03. The number of nitrogens with zero attached hydrogens (tertiary/aromatic N) is 7.